The SMILES string of the molecule is CC(C)(C)C(=O)NCCC(=O)NCC1(C(=O)O)CCOCC1. The van der Waals surface area contributed by atoms with Gasteiger partial charge in [0.1, 0.15) is 0 Å². The number of carboxylic acids is 1. The Morgan fingerprint density at radius 2 is 1.73 bits per heavy atom. The molecule has 0 saturated carbocycles. The lowest BCUT2D eigenvalue weighted by Gasteiger charge is -2.33. The maximum absolute atomic E-state index is 11.8. The molecule has 0 aliphatic carbocycles. The average molecular weight is 314 g/mol. The van der Waals surface area contributed by atoms with E-state index in [0.29, 0.717) is 26.1 Å². The molecular formula is C15H26N2O5. The maximum atomic E-state index is 11.8. The number of carbonyl (C=O) groups is 3. The van der Waals surface area contributed by atoms with E-state index in [2.05, 4.69) is 10.6 Å². The molecule has 1 rings (SSSR count). The molecule has 3 N–H and O–H groups in total. The van der Waals surface area contributed by atoms with Crippen molar-refractivity contribution < 1.29 is 24.2 Å². The normalized spacial score (nSPS) is 17.6. The average Bonchev–Trinajstić information content (AvgIpc) is 2.45. The Morgan fingerprint density at radius 1 is 1.14 bits per heavy atom. The predicted octanol–water partition coefficient (Wildman–Crippen LogP) is 0.536. The van der Waals surface area contributed by atoms with Crippen molar-refractivity contribution in [2.24, 2.45) is 10.8 Å². The van der Waals surface area contributed by atoms with Gasteiger partial charge in [0.15, 0.2) is 0 Å². The number of carbonyl (C=O) groups excluding carboxylic acids is 2. The van der Waals surface area contributed by atoms with Gasteiger partial charge in [0, 0.05) is 38.1 Å². The molecule has 0 bridgehead atoms. The Balaban J connectivity index is 2.36. The lowest BCUT2D eigenvalue weighted by Crippen LogP contribution is -2.47. The van der Waals surface area contributed by atoms with E-state index in [0.717, 1.165) is 0 Å². The zero-order chi connectivity index (χ0) is 16.8. The van der Waals surface area contributed by atoms with E-state index in [4.69, 9.17) is 4.74 Å². The molecule has 0 unspecified atom stereocenters. The molecule has 1 aliphatic rings. The van der Waals surface area contributed by atoms with Crippen molar-refractivity contribution in [3.63, 3.8) is 0 Å². The van der Waals surface area contributed by atoms with Gasteiger partial charge in [0.25, 0.3) is 0 Å². The van der Waals surface area contributed by atoms with Gasteiger partial charge in [-0.2, -0.15) is 0 Å². The second-order valence-electron chi connectivity index (χ2n) is 6.73. The fourth-order valence-corrected chi connectivity index (χ4v) is 2.14. The largest absolute Gasteiger partial charge is 0.481 e. The van der Waals surface area contributed by atoms with Gasteiger partial charge in [-0.15, -0.1) is 0 Å². The zero-order valence-corrected chi connectivity index (χ0v) is 13.5. The van der Waals surface area contributed by atoms with Crippen LogP contribution in [0.5, 0.6) is 0 Å². The van der Waals surface area contributed by atoms with E-state index in [1.807, 2.05) is 0 Å². The van der Waals surface area contributed by atoms with Crippen LogP contribution in [-0.4, -0.2) is 49.2 Å². The van der Waals surface area contributed by atoms with Crippen LogP contribution in [0, 0.1) is 10.8 Å². The summed E-state index contributed by atoms with van der Waals surface area (Å²) >= 11 is 0. The van der Waals surface area contributed by atoms with Crippen LogP contribution >= 0.6 is 0 Å². The number of carboxylic acid groups (broad SMARTS) is 1. The summed E-state index contributed by atoms with van der Waals surface area (Å²) in [6.45, 7) is 6.51. The molecule has 0 atom stereocenters. The first kappa shape index (κ1) is 18.4. The smallest absolute Gasteiger partial charge is 0.311 e. The Bertz CT molecular complexity index is 422. The van der Waals surface area contributed by atoms with Gasteiger partial charge in [-0.3, -0.25) is 14.4 Å². The Hall–Kier alpha value is -1.63. The van der Waals surface area contributed by atoms with Gasteiger partial charge >= 0.3 is 5.97 Å². The number of aliphatic carboxylic acids is 1. The highest BCUT2D eigenvalue weighted by atomic mass is 16.5. The minimum atomic E-state index is -0.942. The van der Waals surface area contributed by atoms with Crippen LogP contribution in [0.3, 0.4) is 0 Å². The highest BCUT2D eigenvalue weighted by molar-refractivity contribution is 5.82. The number of amides is 2. The van der Waals surface area contributed by atoms with Crippen molar-refractivity contribution >= 4 is 17.8 Å². The molecule has 7 nitrogen and oxygen atoms in total. The number of hydrogen-bond acceptors (Lipinski definition) is 4. The van der Waals surface area contributed by atoms with Gasteiger partial charge in [-0.1, -0.05) is 20.8 Å². The molecule has 1 saturated heterocycles. The fourth-order valence-electron chi connectivity index (χ4n) is 2.14. The Morgan fingerprint density at radius 3 is 2.23 bits per heavy atom. The molecule has 7 heteroatoms. The molecule has 0 radical (unpaired) electrons. The summed E-state index contributed by atoms with van der Waals surface area (Å²) in [6, 6.07) is 0. The summed E-state index contributed by atoms with van der Waals surface area (Å²) in [5.41, 5.74) is -1.44. The van der Waals surface area contributed by atoms with Crippen LogP contribution in [0.2, 0.25) is 0 Å². The molecule has 1 heterocycles. The molecule has 0 aromatic rings. The molecule has 0 aromatic heterocycles. The molecule has 2 amide bonds. The Kier molecular flexibility index (Phi) is 6.34. The summed E-state index contributed by atoms with van der Waals surface area (Å²) in [5, 5.41) is 14.7. The molecule has 126 valence electrons. The Labute approximate surface area is 130 Å². The van der Waals surface area contributed by atoms with Gasteiger partial charge in [-0.25, -0.2) is 0 Å². The van der Waals surface area contributed by atoms with E-state index >= 15 is 0 Å². The third-order valence-electron chi connectivity index (χ3n) is 3.85. The van der Waals surface area contributed by atoms with Gasteiger partial charge in [-0.05, 0) is 12.8 Å². The number of nitrogens with one attached hydrogen (secondary N) is 2. The number of hydrogen-bond donors (Lipinski definition) is 3. The summed E-state index contributed by atoms with van der Waals surface area (Å²) in [6.07, 6.45) is 0.917. The third-order valence-corrected chi connectivity index (χ3v) is 3.85. The van der Waals surface area contributed by atoms with Gasteiger partial charge < -0.3 is 20.5 Å². The molecule has 1 aliphatic heterocycles. The summed E-state index contributed by atoms with van der Waals surface area (Å²) < 4.78 is 5.18. The van der Waals surface area contributed by atoms with Crippen molar-refractivity contribution in [3.05, 3.63) is 0 Å². The van der Waals surface area contributed by atoms with Crippen molar-refractivity contribution in [3.8, 4) is 0 Å². The van der Waals surface area contributed by atoms with Crippen LogP contribution in [0.15, 0.2) is 0 Å². The maximum Gasteiger partial charge on any atom is 0.311 e. The minimum Gasteiger partial charge on any atom is -0.481 e. The zero-order valence-electron chi connectivity index (χ0n) is 13.5. The molecule has 22 heavy (non-hydrogen) atoms. The van der Waals surface area contributed by atoms with E-state index in [1.54, 1.807) is 20.8 Å². The van der Waals surface area contributed by atoms with E-state index < -0.39 is 16.8 Å². The van der Waals surface area contributed by atoms with Crippen molar-refractivity contribution in [2.45, 2.75) is 40.0 Å². The summed E-state index contributed by atoms with van der Waals surface area (Å²) in [7, 11) is 0. The first-order valence-corrected chi connectivity index (χ1v) is 7.53. The summed E-state index contributed by atoms with van der Waals surface area (Å²) in [4.78, 5) is 34.9. The lowest BCUT2D eigenvalue weighted by atomic mass is 9.80. The minimum absolute atomic E-state index is 0.0950. The number of ether oxygens (including phenoxy) is 1. The predicted molar refractivity (Wildman–Crippen MR) is 80.2 cm³/mol. The van der Waals surface area contributed by atoms with Crippen LogP contribution in [-0.2, 0) is 19.1 Å². The first-order valence-electron chi connectivity index (χ1n) is 7.53. The first-order chi connectivity index (χ1) is 10.2. The highest BCUT2D eigenvalue weighted by Crippen LogP contribution is 2.30. The van der Waals surface area contributed by atoms with E-state index in [1.165, 1.54) is 0 Å². The molecule has 0 spiro atoms. The van der Waals surface area contributed by atoms with Crippen LogP contribution < -0.4 is 10.6 Å². The van der Waals surface area contributed by atoms with Crippen LogP contribution in [0.4, 0.5) is 0 Å². The second-order valence-corrected chi connectivity index (χ2v) is 6.73. The number of rotatable bonds is 6. The molecule has 1 fully saturated rings. The van der Waals surface area contributed by atoms with Gasteiger partial charge in [0.2, 0.25) is 11.8 Å². The molecular weight excluding hydrogens is 288 g/mol. The quantitative estimate of drug-likeness (QED) is 0.663. The topological polar surface area (TPSA) is 105 Å². The van der Waals surface area contributed by atoms with Crippen molar-refractivity contribution in [1.82, 2.24) is 10.6 Å². The standard InChI is InChI=1S/C15H26N2O5/c1-14(2,3)12(19)16-7-4-11(18)17-10-15(13(20)21)5-8-22-9-6-15/h4-10H2,1-3H3,(H,16,19)(H,17,18)(H,20,21). The van der Waals surface area contributed by atoms with E-state index in [9.17, 15) is 19.5 Å². The van der Waals surface area contributed by atoms with Crippen molar-refractivity contribution in [2.75, 3.05) is 26.3 Å². The molecule has 0 aromatic carbocycles. The highest BCUT2D eigenvalue weighted by Gasteiger charge is 2.40. The third kappa shape index (κ3) is 5.29. The fraction of sp³-hybridized carbons (Fsp3) is 0.800. The monoisotopic (exact) mass is 314 g/mol. The summed E-state index contributed by atoms with van der Waals surface area (Å²) in [5.74, 6) is -1.29. The van der Waals surface area contributed by atoms with Crippen LogP contribution in [0.1, 0.15) is 40.0 Å². The van der Waals surface area contributed by atoms with E-state index in [-0.39, 0.29) is 31.3 Å². The second kappa shape index (κ2) is 7.58. The van der Waals surface area contributed by atoms with Gasteiger partial charge in [0.05, 0.1) is 5.41 Å². The van der Waals surface area contributed by atoms with Crippen molar-refractivity contribution in [1.29, 1.82) is 0 Å². The lowest BCUT2D eigenvalue weighted by molar-refractivity contribution is -0.154. The van der Waals surface area contributed by atoms with Crippen LogP contribution in [0.25, 0.3) is 0 Å².